The van der Waals surface area contributed by atoms with Gasteiger partial charge in [0.2, 0.25) is 11.8 Å². The first-order valence-corrected chi connectivity index (χ1v) is 8.82. The van der Waals surface area contributed by atoms with Crippen molar-refractivity contribution in [1.29, 1.82) is 0 Å². The van der Waals surface area contributed by atoms with Gasteiger partial charge in [-0.15, -0.1) is 0 Å². The van der Waals surface area contributed by atoms with E-state index in [4.69, 9.17) is 14.2 Å². The lowest BCUT2D eigenvalue weighted by molar-refractivity contribution is -0.129. The third kappa shape index (κ3) is 5.03. The fraction of sp³-hybridized carbons (Fsp3) is 0.238. The summed E-state index contributed by atoms with van der Waals surface area (Å²) in [6.07, 6.45) is 3.10. The van der Waals surface area contributed by atoms with E-state index >= 15 is 0 Å². The third-order valence-electron chi connectivity index (χ3n) is 4.12. The van der Waals surface area contributed by atoms with E-state index in [0.29, 0.717) is 36.1 Å². The highest BCUT2D eigenvalue weighted by molar-refractivity contribution is 5.97. The molecule has 0 aromatic heterocycles. The topological polar surface area (TPSA) is 77.1 Å². The number of methoxy groups -OCH3 is 1. The van der Waals surface area contributed by atoms with Crippen molar-refractivity contribution in [2.24, 2.45) is 0 Å². The SMILES string of the molecule is COc1ccc(NC(=O)CN(C)C(=O)C=Cc2ccc3c(c2)OCCO3)cc1. The Hall–Kier alpha value is -3.48. The summed E-state index contributed by atoms with van der Waals surface area (Å²) in [5.74, 6) is 1.50. The zero-order valence-corrected chi connectivity index (χ0v) is 15.8. The number of anilines is 1. The van der Waals surface area contributed by atoms with Crippen LogP contribution in [0, 0.1) is 0 Å². The number of nitrogens with zero attached hydrogens (tertiary/aromatic N) is 1. The summed E-state index contributed by atoms with van der Waals surface area (Å²) in [4.78, 5) is 25.7. The fourth-order valence-electron chi connectivity index (χ4n) is 2.63. The largest absolute Gasteiger partial charge is 0.497 e. The van der Waals surface area contributed by atoms with Crippen LogP contribution in [-0.4, -0.2) is 50.6 Å². The number of hydrogen-bond donors (Lipinski definition) is 1. The van der Waals surface area contributed by atoms with Gasteiger partial charge >= 0.3 is 0 Å². The highest BCUT2D eigenvalue weighted by Crippen LogP contribution is 2.31. The molecule has 1 aliphatic rings. The summed E-state index contributed by atoms with van der Waals surface area (Å²) in [6.45, 7) is 0.978. The molecule has 0 spiro atoms. The van der Waals surface area contributed by atoms with Gasteiger partial charge in [0.25, 0.3) is 0 Å². The second kappa shape index (κ2) is 8.94. The maximum Gasteiger partial charge on any atom is 0.246 e. The summed E-state index contributed by atoms with van der Waals surface area (Å²) >= 11 is 0. The molecule has 0 bridgehead atoms. The minimum absolute atomic E-state index is 0.0592. The molecule has 0 saturated carbocycles. The summed E-state index contributed by atoms with van der Waals surface area (Å²) in [6, 6.07) is 12.4. The van der Waals surface area contributed by atoms with E-state index in [1.807, 2.05) is 18.2 Å². The van der Waals surface area contributed by atoms with Gasteiger partial charge < -0.3 is 24.4 Å². The standard InChI is InChI=1S/C21H22N2O5/c1-23(14-20(24)22-16-5-7-17(26-2)8-6-16)21(25)10-4-15-3-9-18-19(13-15)28-12-11-27-18/h3-10,13H,11-12,14H2,1-2H3,(H,22,24). The average molecular weight is 382 g/mol. The number of amides is 2. The lowest BCUT2D eigenvalue weighted by Crippen LogP contribution is -2.33. The molecule has 0 unspecified atom stereocenters. The molecule has 1 heterocycles. The number of fused-ring (bicyclic) bond motifs is 1. The van der Waals surface area contributed by atoms with Crippen molar-refractivity contribution in [3.05, 3.63) is 54.1 Å². The summed E-state index contributed by atoms with van der Waals surface area (Å²) in [7, 11) is 3.15. The van der Waals surface area contributed by atoms with E-state index in [2.05, 4.69) is 5.32 Å². The van der Waals surface area contributed by atoms with E-state index in [0.717, 1.165) is 5.56 Å². The highest BCUT2D eigenvalue weighted by atomic mass is 16.6. The molecule has 0 fully saturated rings. The van der Waals surface area contributed by atoms with Gasteiger partial charge in [0.1, 0.15) is 19.0 Å². The Balaban J connectivity index is 1.53. The van der Waals surface area contributed by atoms with Gasteiger partial charge in [-0.05, 0) is 48.0 Å². The molecule has 7 nitrogen and oxygen atoms in total. The molecule has 0 saturated heterocycles. The molecule has 0 atom stereocenters. The quantitative estimate of drug-likeness (QED) is 0.777. The number of carbonyl (C=O) groups is 2. The molecule has 3 rings (SSSR count). The van der Waals surface area contributed by atoms with Crippen LogP contribution in [0.5, 0.6) is 17.2 Å². The monoisotopic (exact) mass is 382 g/mol. The molecule has 1 aliphatic heterocycles. The second-order valence-electron chi connectivity index (χ2n) is 6.21. The minimum atomic E-state index is -0.284. The van der Waals surface area contributed by atoms with Crippen molar-refractivity contribution in [3.63, 3.8) is 0 Å². The smallest absolute Gasteiger partial charge is 0.246 e. The average Bonchev–Trinajstić information content (AvgIpc) is 2.72. The van der Waals surface area contributed by atoms with Gasteiger partial charge in [-0.1, -0.05) is 6.07 Å². The molecule has 146 valence electrons. The molecule has 28 heavy (non-hydrogen) atoms. The molecule has 0 aliphatic carbocycles. The van der Waals surface area contributed by atoms with Crippen LogP contribution in [0.3, 0.4) is 0 Å². The van der Waals surface area contributed by atoms with E-state index in [1.54, 1.807) is 44.5 Å². The Morgan fingerprint density at radius 2 is 1.82 bits per heavy atom. The van der Waals surface area contributed by atoms with Crippen LogP contribution in [0.1, 0.15) is 5.56 Å². The normalized spacial score (nSPS) is 12.5. The fourth-order valence-corrected chi connectivity index (χ4v) is 2.63. The number of nitrogens with one attached hydrogen (secondary N) is 1. The highest BCUT2D eigenvalue weighted by Gasteiger charge is 2.13. The molecule has 2 amide bonds. The van der Waals surface area contributed by atoms with E-state index < -0.39 is 0 Å². The van der Waals surface area contributed by atoms with E-state index in [9.17, 15) is 9.59 Å². The predicted octanol–water partition coefficient (Wildman–Crippen LogP) is 2.58. The van der Waals surface area contributed by atoms with Gasteiger partial charge in [0, 0.05) is 18.8 Å². The maximum absolute atomic E-state index is 12.3. The van der Waals surface area contributed by atoms with Crippen molar-refractivity contribution in [3.8, 4) is 17.2 Å². The Morgan fingerprint density at radius 3 is 2.54 bits per heavy atom. The number of benzene rings is 2. The van der Waals surface area contributed by atoms with Gasteiger partial charge in [-0.2, -0.15) is 0 Å². The lowest BCUT2D eigenvalue weighted by atomic mass is 10.2. The van der Waals surface area contributed by atoms with Crippen molar-refractivity contribution >= 4 is 23.6 Å². The van der Waals surface area contributed by atoms with Crippen molar-refractivity contribution in [1.82, 2.24) is 4.90 Å². The maximum atomic E-state index is 12.3. The first-order valence-electron chi connectivity index (χ1n) is 8.82. The number of likely N-dealkylation sites (N-methyl/N-ethyl adjacent to an activating group) is 1. The second-order valence-corrected chi connectivity index (χ2v) is 6.21. The van der Waals surface area contributed by atoms with Crippen molar-refractivity contribution < 1.29 is 23.8 Å². The van der Waals surface area contributed by atoms with Crippen LogP contribution in [0.2, 0.25) is 0 Å². The van der Waals surface area contributed by atoms with E-state index in [1.165, 1.54) is 11.0 Å². The number of rotatable bonds is 6. The van der Waals surface area contributed by atoms with Gasteiger partial charge in [0.05, 0.1) is 13.7 Å². The predicted molar refractivity (Wildman–Crippen MR) is 106 cm³/mol. The van der Waals surface area contributed by atoms with Crippen molar-refractivity contribution in [2.75, 3.05) is 39.2 Å². The molecule has 0 radical (unpaired) electrons. The van der Waals surface area contributed by atoms with Crippen LogP contribution in [0.15, 0.2) is 48.5 Å². The molecule has 2 aromatic carbocycles. The first kappa shape index (κ1) is 19.3. The van der Waals surface area contributed by atoms with Crippen LogP contribution < -0.4 is 19.5 Å². The summed E-state index contributed by atoms with van der Waals surface area (Å²) in [5.41, 5.74) is 1.45. The Kier molecular flexibility index (Phi) is 6.16. The van der Waals surface area contributed by atoms with Gasteiger partial charge in [-0.25, -0.2) is 0 Å². The number of carbonyl (C=O) groups excluding carboxylic acids is 2. The molecule has 7 heteroatoms. The Bertz CT molecular complexity index is 877. The Labute approximate surface area is 163 Å². The molecule has 1 N–H and O–H groups in total. The summed E-state index contributed by atoms with van der Waals surface area (Å²) in [5, 5.41) is 2.74. The lowest BCUT2D eigenvalue weighted by Gasteiger charge is -2.18. The van der Waals surface area contributed by atoms with Gasteiger partial charge in [-0.3, -0.25) is 9.59 Å². The first-order chi connectivity index (χ1) is 13.5. The van der Waals surface area contributed by atoms with Crippen LogP contribution in [0.25, 0.3) is 6.08 Å². The minimum Gasteiger partial charge on any atom is -0.497 e. The zero-order chi connectivity index (χ0) is 19.9. The molecular weight excluding hydrogens is 360 g/mol. The van der Waals surface area contributed by atoms with Gasteiger partial charge in [0.15, 0.2) is 11.5 Å². The van der Waals surface area contributed by atoms with Crippen LogP contribution in [-0.2, 0) is 9.59 Å². The van der Waals surface area contributed by atoms with Crippen LogP contribution in [0.4, 0.5) is 5.69 Å². The van der Waals surface area contributed by atoms with E-state index in [-0.39, 0.29) is 18.4 Å². The molecule has 2 aromatic rings. The number of hydrogen-bond acceptors (Lipinski definition) is 5. The van der Waals surface area contributed by atoms with Crippen molar-refractivity contribution in [2.45, 2.75) is 0 Å². The zero-order valence-electron chi connectivity index (χ0n) is 15.8. The Morgan fingerprint density at radius 1 is 1.11 bits per heavy atom. The molecular formula is C21H22N2O5. The third-order valence-corrected chi connectivity index (χ3v) is 4.12. The van der Waals surface area contributed by atoms with Crippen LogP contribution >= 0.6 is 0 Å². The summed E-state index contributed by atoms with van der Waals surface area (Å²) < 4.78 is 16.1. The number of ether oxygens (including phenoxy) is 3.